The second-order valence-electron chi connectivity index (χ2n) is 4.06. The van der Waals surface area contributed by atoms with Crippen molar-refractivity contribution in [1.29, 1.82) is 0 Å². The highest BCUT2D eigenvalue weighted by molar-refractivity contribution is 5.68. The van der Waals surface area contributed by atoms with E-state index in [4.69, 9.17) is 14.6 Å². The van der Waals surface area contributed by atoms with E-state index in [9.17, 15) is 4.79 Å². The Morgan fingerprint density at radius 2 is 1.82 bits per heavy atom. The predicted molar refractivity (Wildman–Crippen MR) is 65.0 cm³/mol. The van der Waals surface area contributed by atoms with Crippen LogP contribution in [-0.2, 0) is 4.79 Å². The van der Waals surface area contributed by atoms with E-state index in [-0.39, 0.29) is 12.3 Å². The summed E-state index contributed by atoms with van der Waals surface area (Å²) < 4.78 is 10.4. The highest BCUT2D eigenvalue weighted by atomic mass is 16.5. The van der Waals surface area contributed by atoms with Gasteiger partial charge in [-0.25, -0.2) is 0 Å². The summed E-state index contributed by atoms with van der Waals surface area (Å²) in [6.07, 6.45) is 0.107. The summed E-state index contributed by atoms with van der Waals surface area (Å²) in [6, 6.07) is 3.72. The van der Waals surface area contributed by atoms with Crippen LogP contribution in [0, 0.1) is 6.92 Å². The summed E-state index contributed by atoms with van der Waals surface area (Å²) in [7, 11) is 3.15. The highest BCUT2D eigenvalue weighted by Crippen LogP contribution is 2.34. The molecular weight excluding hydrogens is 220 g/mol. The molecule has 1 aromatic rings. The van der Waals surface area contributed by atoms with Crippen LogP contribution in [0.15, 0.2) is 12.1 Å². The number of carboxylic acid groups (broad SMARTS) is 1. The second-order valence-corrected chi connectivity index (χ2v) is 4.06. The van der Waals surface area contributed by atoms with Gasteiger partial charge < -0.3 is 14.6 Å². The normalized spacial score (nSPS) is 12.0. The van der Waals surface area contributed by atoms with Crippen molar-refractivity contribution in [3.05, 3.63) is 23.3 Å². The first kappa shape index (κ1) is 13.4. The van der Waals surface area contributed by atoms with Crippen molar-refractivity contribution in [3.8, 4) is 11.5 Å². The first-order chi connectivity index (χ1) is 7.99. The zero-order valence-electron chi connectivity index (χ0n) is 10.6. The number of aliphatic carboxylic acids is 1. The molecule has 1 N–H and O–H groups in total. The van der Waals surface area contributed by atoms with Crippen LogP contribution in [0.25, 0.3) is 0 Å². The third kappa shape index (κ3) is 3.12. The van der Waals surface area contributed by atoms with Gasteiger partial charge >= 0.3 is 5.97 Å². The fourth-order valence-corrected chi connectivity index (χ4v) is 1.90. The van der Waals surface area contributed by atoms with Gasteiger partial charge in [0, 0.05) is 0 Å². The lowest BCUT2D eigenvalue weighted by Crippen LogP contribution is -2.05. The summed E-state index contributed by atoms with van der Waals surface area (Å²) in [6.45, 7) is 3.83. The number of hydrogen-bond acceptors (Lipinski definition) is 3. The fourth-order valence-electron chi connectivity index (χ4n) is 1.90. The average Bonchev–Trinajstić information content (AvgIpc) is 2.27. The maximum absolute atomic E-state index is 10.7. The van der Waals surface area contributed by atoms with E-state index in [0.29, 0.717) is 11.5 Å². The van der Waals surface area contributed by atoms with Crippen LogP contribution in [0.3, 0.4) is 0 Å². The number of rotatable bonds is 5. The molecule has 4 heteroatoms. The molecule has 4 nitrogen and oxygen atoms in total. The molecule has 0 radical (unpaired) electrons. The number of aryl methyl sites for hydroxylation is 1. The van der Waals surface area contributed by atoms with Gasteiger partial charge in [0.05, 0.1) is 20.6 Å². The van der Waals surface area contributed by atoms with E-state index in [1.165, 1.54) is 0 Å². The third-order valence-electron chi connectivity index (χ3n) is 2.78. The zero-order chi connectivity index (χ0) is 13.0. The van der Waals surface area contributed by atoms with E-state index in [2.05, 4.69) is 0 Å². The standard InChI is InChI=1S/C13H18O4/c1-8-5-11(16-3)12(17-4)7-10(8)9(2)6-13(14)15/h5,7,9H,6H2,1-4H3,(H,14,15). The summed E-state index contributed by atoms with van der Waals surface area (Å²) in [4.78, 5) is 10.7. The molecule has 1 atom stereocenters. The smallest absolute Gasteiger partial charge is 0.303 e. The Labute approximate surface area is 101 Å². The third-order valence-corrected chi connectivity index (χ3v) is 2.78. The SMILES string of the molecule is COc1cc(C)c(C(C)CC(=O)O)cc1OC. The molecule has 0 spiro atoms. The van der Waals surface area contributed by atoms with E-state index < -0.39 is 5.97 Å². The van der Waals surface area contributed by atoms with E-state index >= 15 is 0 Å². The van der Waals surface area contributed by atoms with Crippen molar-refractivity contribution < 1.29 is 19.4 Å². The molecule has 0 saturated carbocycles. The van der Waals surface area contributed by atoms with Crippen molar-refractivity contribution in [3.63, 3.8) is 0 Å². The number of hydrogen-bond donors (Lipinski definition) is 1. The number of methoxy groups -OCH3 is 2. The van der Waals surface area contributed by atoms with E-state index in [0.717, 1.165) is 11.1 Å². The first-order valence-corrected chi connectivity index (χ1v) is 5.44. The molecule has 0 aromatic heterocycles. The lowest BCUT2D eigenvalue weighted by molar-refractivity contribution is -0.137. The topological polar surface area (TPSA) is 55.8 Å². The second kappa shape index (κ2) is 5.57. The average molecular weight is 238 g/mol. The summed E-state index contributed by atoms with van der Waals surface area (Å²) in [5, 5.41) is 8.81. The van der Waals surface area contributed by atoms with Gasteiger partial charge in [-0.15, -0.1) is 0 Å². The van der Waals surface area contributed by atoms with Gasteiger partial charge in [-0.1, -0.05) is 6.92 Å². The lowest BCUT2D eigenvalue weighted by Gasteiger charge is -2.16. The molecule has 0 amide bonds. The predicted octanol–water partition coefficient (Wildman–Crippen LogP) is 2.59. The molecule has 1 unspecified atom stereocenters. The van der Waals surface area contributed by atoms with Crippen LogP contribution in [0.5, 0.6) is 11.5 Å². The molecule has 94 valence electrons. The minimum Gasteiger partial charge on any atom is -0.493 e. The molecule has 0 saturated heterocycles. The van der Waals surface area contributed by atoms with Crippen LogP contribution in [0.4, 0.5) is 0 Å². The minimum atomic E-state index is -0.799. The zero-order valence-corrected chi connectivity index (χ0v) is 10.6. The Morgan fingerprint density at radius 3 is 2.29 bits per heavy atom. The minimum absolute atomic E-state index is 0.0488. The monoisotopic (exact) mass is 238 g/mol. The van der Waals surface area contributed by atoms with Gasteiger partial charge in [0.15, 0.2) is 11.5 Å². The summed E-state index contributed by atoms with van der Waals surface area (Å²) >= 11 is 0. The molecule has 1 aromatic carbocycles. The van der Waals surface area contributed by atoms with Crippen LogP contribution in [0.2, 0.25) is 0 Å². The number of carboxylic acids is 1. The quantitative estimate of drug-likeness (QED) is 0.856. The molecular formula is C13H18O4. The molecule has 0 bridgehead atoms. The summed E-state index contributed by atoms with van der Waals surface area (Å²) in [5.41, 5.74) is 1.99. The van der Waals surface area contributed by atoms with Crippen molar-refractivity contribution in [2.75, 3.05) is 14.2 Å². The fraction of sp³-hybridized carbons (Fsp3) is 0.462. The number of carbonyl (C=O) groups is 1. The van der Waals surface area contributed by atoms with Gasteiger partial charge in [0.25, 0.3) is 0 Å². The Balaban J connectivity index is 3.11. The maximum atomic E-state index is 10.7. The van der Waals surface area contributed by atoms with Crippen LogP contribution >= 0.6 is 0 Å². The molecule has 1 rings (SSSR count). The van der Waals surface area contributed by atoms with Crippen LogP contribution in [-0.4, -0.2) is 25.3 Å². The molecule has 0 fully saturated rings. The molecule has 17 heavy (non-hydrogen) atoms. The van der Waals surface area contributed by atoms with Gasteiger partial charge in [-0.2, -0.15) is 0 Å². The van der Waals surface area contributed by atoms with Crippen molar-refractivity contribution >= 4 is 5.97 Å². The molecule has 0 aliphatic rings. The number of benzene rings is 1. The summed E-state index contributed by atoms with van der Waals surface area (Å²) in [5.74, 6) is 0.445. The first-order valence-electron chi connectivity index (χ1n) is 5.44. The van der Waals surface area contributed by atoms with E-state index in [1.807, 2.05) is 26.0 Å². The van der Waals surface area contributed by atoms with Gasteiger partial charge in [0.2, 0.25) is 0 Å². The van der Waals surface area contributed by atoms with Gasteiger partial charge in [-0.3, -0.25) is 4.79 Å². The van der Waals surface area contributed by atoms with Crippen molar-refractivity contribution in [1.82, 2.24) is 0 Å². The Bertz CT molecular complexity index is 412. The molecule has 0 aliphatic heterocycles. The van der Waals surface area contributed by atoms with Crippen LogP contribution in [0.1, 0.15) is 30.4 Å². The number of ether oxygens (including phenoxy) is 2. The highest BCUT2D eigenvalue weighted by Gasteiger charge is 2.16. The lowest BCUT2D eigenvalue weighted by atomic mass is 9.93. The maximum Gasteiger partial charge on any atom is 0.303 e. The van der Waals surface area contributed by atoms with E-state index in [1.54, 1.807) is 14.2 Å². The van der Waals surface area contributed by atoms with Gasteiger partial charge in [-0.05, 0) is 36.1 Å². The molecule has 0 heterocycles. The Kier molecular flexibility index (Phi) is 4.37. The molecule has 0 aliphatic carbocycles. The Morgan fingerprint density at radius 1 is 1.29 bits per heavy atom. The Hall–Kier alpha value is -1.71. The van der Waals surface area contributed by atoms with Crippen LogP contribution < -0.4 is 9.47 Å². The van der Waals surface area contributed by atoms with Crippen molar-refractivity contribution in [2.24, 2.45) is 0 Å². The van der Waals surface area contributed by atoms with Gasteiger partial charge in [0.1, 0.15) is 0 Å². The largest absolute Gasteiger partial charge is 0.493 e. The van der Waals surface area contributed by atoms with Crippen molar-refractivity contribution in [2.45, 2.75) is 26.2 Å².